The van der Waals surface area contributed by atoms with Crippen molar-refractivity contribution >= 4 is 0 Å². The predicted molar refractivity (Wildman–Crippen MR) is 54.5 cm³/mol. The summed E-state index contributed by atoms with van der Waals surface area (Å²) in [6, 6.07) is 0. The third-order valence-corrected chi connectivity index (χ3v) is 2.71. The van der Waals surface area contributed by atoms with Gasteiger partial charge in [0.25, 0.3) is 0 Å². The van der Waals surface area contributed by atoms with Crippen LogP contribution in [-0.4, -0.2) is 34.5 Å². The lowest BCUT2D eigenvalue weighted by molar-refractivity contribution is 0.313. The minimum Gasteiger partial charge on any atom is -0.330 e. The molecule has 0 aromatic carbocycles. The van der Waals surface area contributed by atoms with Crippen molar-refractivity contribution in [2.75, 3.05) is 19.6 Å². The molecule has 4 nitrogen and oxygen atoms in total. The average molecular weight is 192 g/mol. The molecule has 0 spiro atoms. The SMILES string of the molecule is NC[C@@H]1CCN(Cc2cnccn2)C1. The van der Waals surface area contributed by atoms with Crippen LogP contribution in [-0.2, 0) is 6.54 Å². The zero-order valence-electron chi connectivity index (χ0n) is 8.26. The van der Waals surface area contributed by atoms with E-state index in [1.807, 2.05) is 6.20 Å². The Hall–Kier alpha value is -1.00. The number of hydrogen-bond acceptors (Lipinski definition) is 4. The Bertz CT molecular complexity index is 275. The van der Waals surface area contributed by atoms with Gasteiger partial charge < -0.3 is 5.73 Å². The van der Waals surface area contributed by atoms with Crippen molar-refractivity contribution in [2.45, 2.75) is 13.0 Å². The minimum atomic E-state index is 0.673. The van der Waals surface area contributed by atoms with Crippen LogP contribution in [0.25, 0.3) is 0 Å². The lowest BCUT2D eigenvalue weighted by atomic mass is 10.1. The number of hydrogen-bond donors (Lipinski definition) is 1. The van der Waals surface area contributed by atoms with E-state index in [4.69, 9.17) is 5.73 Å². The second-order valence-corrected chi connectivity index (χ2v) is 3.82. The smallest absolute Gasteiger partial charge is 0.0726 e. The fourth-order valence-corrected chi connectivity index (χ4v) is 1.89. The molecule has 0 amide bonds. The van der Waals surface area contributed by atoms with Gasteiger partial charge in [-0.15, -0.1) is 0 Å². The Kier molecular flexibility index (Phi) is 3.06. The molecule has 1 atom stereocenters. The summed E-state index contributed by atoms with van der Waals surface area (Å²) in [5.41, 5.74) is 6.68. The van der Waals surface area contributed by atoms with E-state index < -0.39 is 0 Å². The summed E-state index contributed by atoms with van der Waals surface area (Å²) in [7, 11) is 0. The average Bonchev–Trinajstić information content (AvgIpc) is 2.67. The third-order valence-electron chi connectivity index (χ3n) is 2.71. The van der Waals surface area contributed by atoms with Gasteiger partial charge in [-0.3, -0.25) is 14.9 Å². The zero-order chi connectivity index (χ0) is 9.80. The fourth-order valence-electron chi connectivity index (χ4n) is 1.89. The maximum atomic E-state index is 5.63. The van der Waals surface area contributed by atoms with Crippen LogP contribution in [0.3, 0.4) is 0 Å². The van der Waals surface area contributed by atoms with Gasteiger partial charge in [0.1, 0.15) is 0 Å². The van der Waals surface area contributed by atoms with Gasteiger partial charge in [-0.1, -0.05) is 0 Å². The highest BCUT2D eigenvalue weighted by Crippen LogP contribution is 2.16. The lowest BCUT2D eigenvalue weighted by Crippen LogP contribution is -2.23. The molecular weight excluding hydrogens is 176 g/mol. The Morgan fingerprint density at radius 2 is 2.43 bits per heavy atom. The molecule has 2 heterocycles. The Morgan fingerprint density at radius 1 is 1.50 bits per heavy atom. The van der Waals surface area contributed by atoms with Crippen LogP contribution in [0.2, 0.25) is 0 Å². The van der Waals surface area contributed by atoms with Gasteiger partial charge in [-0.25, -0.2) is 0 Å². The molecule has 14 heavy (non-hydrogen) atoms. The van der Waals surface area contributed by atoms with E-state index in [0.29, 0.717) is 5.92 Å². The van der Waals surface area contributed by atoms with E-state index in [2.05, 4.69) is 14.9 Å². The normalized spacial score (nSPS) is 22.8. The van der Waals surface area contributed by atoms with Crippen LogP contribution in [0, 0.1) is 5.92 Å². The van der Waals surface area contributed by atoms with Gasteiger partial charge in [0, 0.05) is 31.7 Å². The number of nitrogens with zero attached hydrogens (tertiary/aromatic N) is 3. The van der Waals surface area contributed by atoms with Crippen molar-refractivity contribution in [1.82, 2.24) is 14.9 Å². The van der Waals surface area contributed by atoms with Crippen molar-refractivity contribution in [3.8, 4) is 0 Å². The van der Waals surface area contributed by atoms with Gasteiger partial charge in [-0.2, -0.15) is 0 Å². The molecule has 1 aliphatic heterocycles. The summed E-state index contributed by atoms with van der Waals surface area (Å²) in [6.07, 6.45) is 6.49. The molecule has 0 unspecified atom stereocenters. The molecule has 0 radical (unpaired) electrons. The highest BCUT2D eigenvalue weighted by Gasteiger charge is 2.21. The Balaban J connectivity index is 1.88. The second-order valence-electron chi connectivity index (χ2n) is 3.82. The standard InChI is InChI=1S/C10H16N4/c11-5-9-1-4-14(7-9)8-10-6-12-2-3-13-10/h2-3,6,9H,1,4-5,7-8,11H2/t9-/m0/s1. The van der Waals surface area contributed by atoms with Crippen molar-refractivity contribution in [3.05, 3.63) is 24.3 Å². The lowest BCUT2D eigenvalue weighted by Gasteiger charge is -2.14. The highest BCUT2D eigenvalue weighted by molar-refractivity contribution is 4.95. The molecule has 2 rings (SSSR count). The summed E-state index contributed by atoms with van der Waals surface area (Å²) in [5.74, 6) is 0.673. The molecule has 4 heteroatoms. The summed E-state index contributed by atoms with van der Waals surface area (Å²) in [6.45, 7) is 3.95. The van der Waals surface area contributed by atoms with E-state index in [9.17, 15) is 0 Å². The van der Waals surface area contributed by atoms with E-state index >= 15 is 0 Å². The van der Waals surface area contributed by atoms with Crippen LogP contribution < -0.4 is 5.73 Å². The number of aromatic nitrogens is 2. The molecule has 1 aliphatic rings. The summed E-state index contributed by atoms with van der Waals surface area (Å²) < 4.78 is 0. The summed E-state index contributed by atoms with van der Waals surface area (Å²) >= 11 is 0. The molecule has 1 fully saturated rings. The van der Waals surface area contributed by atoms with Gasteiger partial charge in [0.2, 0.25) is 0 Å². The molecular formula is C10H16N4. The molecule has 1 aromatic rings. The topological polar surface area (TPSA) is 55.0 Å². The first-order valence-electron chi connectivity index (χ1n) is 5.06. The van der Waals surface area contributed by atoms with Crippen molar-refractivity contribution in [2.24, 2.45) is 11.7 Å². The fraction of sp³-hybridized carbons (Fsp3) is 0.600. The van der Waals surface area contributed by atoms with Crippen molar-refractivity contribution in [1.29, 1.82) is 0 Å². The molecule has 0 aliphatic carbocycles. The molecule has 0 bridgehead atoms. The Labute approximate surface area is 84.2 Å². The quantitative estimate of drug-likeness (QED) is 0.746. The largest absolute Gasteiger partial charge is 0.330 e. The summed E-state index contributed by atoms with van der Waals surface area (Å²) in [4.78, 5) is 10.7. The van der Waals surface area contributed by atoms with E-state index in [-0.39, 0.29) is 0 Å². The zero-order valence-corrected chi connectivity index (χ0v) is 8.26. The molecule has 0 saturated carbocycles. The third kappa shape index (κ3) is 2.27. The van der Waals surface area contributed by atoms with Crippen LogP contribution in [0.4, 0.5) is 0 Å². The predicted octanol–water partition coefficient (Wildman–Crippen LogP) is 0.257. The molecule has 1 aromatic heterocycles. The van der Waals surface area contributed by atoms with Crippen LogP contribution >= 0.6 is 0 Å². The van der Waals surface area contributed by atoms with E-state index in [1.165, 1.54) is 6.42 Å². The monoisotopic (exact) mass is 192 g/mol. The molecule has 76 valence electrons. The molecule has 2 N–H and O–H groups in total. The highest BCUT2D eigenvalue weighted by atomic mass is 15.2. The van der Waals surface area contributed by atoms with Crippen molar-refractivity contribution < 1.29 is 0 Å². The van der Waals surface area contributed by atoms with Gasteiger partial charge in [-0.05, 0) is 25.4 Å². The van der Waals surface area contributed by atoms with Crippen LogP contribution in [0.1, 0.15) is 12.1 Å². The maximum Gasteiger partial charge on any atom is 0.0726 e. The van der Waals surface area contributed by atoms with Crippen LogP contribution in [0.5, 0.6) is 0 Å². The van der Waals surface area contributed by atoms with E-state index in [0.717, 1.165) is 31.9 Å². The van der Waals surface area contributed by atoms with Crippen molar-refractivity contribution in [3.63, 3.8) is 0 Å². The van der Waals surface area contributed by atoms with Gasteiger partial charge in [0.05, 0.1) is 5.69 Å². The van der Waals surface area contributed by atoms with E-state index in [1.54, 1.807) is 12.4 Å². The van der Waals surface area contributed by atoms with Crippen LogP contribution in [0.15, 0.2) is 18.6 Å². The molecule has 1 saturated heterocycles. The first-order valence-corrected chi connectivity index (χ1v) is 5.06. The minimum absolute atomic E-state index is 0.673. The second kappa shape index (κ2) is 4.48. The number of rotatable bonds is 3. The first kappa shape index (κ1) is 9.55. The number of likely N-dealkylation sites (tertiary alicyclic amines) is 1. The first-order chi connectivity index (χ1) is 6.88. The van der Waals surface area contributed by atoms with Gasteiger partial charge >= 0.3 is 0 Å². The Morgan fingerprint density at radius 3 is 3.07 bits per heavy atom. The number of nitrogens with two attached hydrogens (primary N) is 1. The maximum absolute atomic E-state index is 5.63. The van der Waals surface area contributed by atoms with Gasteiger partial charge in [0.15, 0.2) is 0 Å². The summed E-state index contributed by atoms with van der Waals surface area (Å²) in [5, 5.41) is 0.